The van der Waals surface area contributed by atoms with Crippen LogP contribution in [0.2, 0.25) is 0 Å². The van der Waals surface area contributed by atoms with Crippen molar-refractivity contribution in [3.05, 3.63) is 63.4 Å². The smallest absolute Gasteiger partial charge is 0.123 e. The monoisotopic (exact) mass is 335 g/mol. The van der Waals surface area contributed by atoms with Crippen molar-refractivity contribution in [2.45, 2.75) is 33.2 Å². The van der Waals surface area contributed by atoms with Crippen LogP contribution in [0.4, 0.5) is 10.1 Å². The highest BCUT2D eigenvalue weighted by Crippen LogP contribution is 2.30. The summed E-state index contributed by atoms with van der Waals surface area (Å²) in [6.07, 6.45) is 0.901. The molecule has 2 rings (SSSR count). The van der Waals surface area contributed by atoms with E-state index in [1.165, 1.54) is 17.2 Å². The molecule has 0 spiro atoms. The Labute approximate surface area is 128 Å². The van der Waals surface area contributed by atoms with Gasteiger partial charge in [0.15, 0.2) is 0 Å². The van der Waals surface area contributed by atoms with Crippen molar-refractivity contribution in [1.82, 2.24) is 0 Å². The summed E-state index contributed by atoms with van der Waals surface area (Å²) in [6, 6.07) is 11.1. The third kappa shape index (κ3) is 3.40. The molecule has 2 aromatic carbocycles. The second-order valence-corrected chi connectivity index (χ2v) is 5.99. The molecule has 0 amide bonds. The highest BCUT2D eigenvalue weighted by atomic mass is 79.9. The molecule has 0 aliphatic carbocycles. The first-order valence-corrected chi connectivity index (χ1v) is 7.59. The van der Waals surface area contributed by atoms with Crippen molar-refractivity contribution in [3.63, 3.8) is 0 Å². The lowest BCUT2D eigenvalue weighted by molar-refractivity contribution is 0.620. The molecule has 1 N–H and O–H groups in total. The molecule has 3 heteroatoms. The van der Waals surface area contributed by atoms with Gasteiger partial charge in [-0.2, -0.15) is 0 Å². The minimum atomic E-state index is -0.188. The number of benzene rings is 2. The Balaban J connectivity index is 2.32. The number of nitrogens with one attached hydrogen (secondary N) is 1. The topological polar surface area (TPSA) is 12.0 Å². The van der Waals surface area contributed by atoms with Gasteiger partial charge in [0.05, 0.1) is 6.04 Å². The van der Waals surface area contributed by atoms with Gasteiger partial charge in [-0.1, -0.05) is 35.0 Å². The Morgan fingerprint density at radius 2 is 1.80 bits per heavy atom. The van der Waals surface area contributed by atoms with E-state index in [4.69, 9.17) is 0 Å². The molecule has 0 saturated carbocycles. The minimum absolute atomic E-state index is 0.115. The molecule has 1 atom stereocenters. The fraction of sp³-hybridized carbons (Fsp3) is 0.294. The van der Waals surface area contributed by atoms with E-state index in [1.54, 1.807) is 12.1 Å². The van der Waals surface area contributed by atoms with Gasteiger partial charge in [0.25, 0.3) is 0 Å². The van der Waals surface area contributed by atoms with E-state index in [9.17, 15) is 4.39 Å². The third-order valence-electron chi connectivity index (χ3n) is 3.48. The van der Waals surface area contributed by atoms with Crippen LogP contribution in [-0.4, -0.2) is 0 Å². The molecule has 0 heterocycles. The number of rotatable bonds is 4. The van der Waals surface area contributed by atoms with E-state index in [1.807, 2.05) is 6.07 Å². The van der Waals surface area contributed by atoms with Gasteiger partial charge in [0.1, 0.15) is 5.82 Å². The molecular formula is C17H19BrFN. The highest BCUT2D eigenvalue weighted by Gasteiger charge is 2.13. The Morgan fingerprint density at radius 1 is 1.15 bits per heavy atom. The number of hydrogen-bond acceptors (Lipinski definition) is 1. The number of hydrogen-bond donors (Lipinski definition) is 1. The van der Waals surface area contributed by atoms with Crippen molar-refractivity contribution in [2.24, 2.45) is 0 Å². The molecule has 20 heavy (non-hydrogen) atoms. The molecule has 0 aliphatic heterocycles. The second-order valence-electron chi connectivity index (χ2n) is 5.07. The predicted molar refractivity (Wildman–Crippen MR) is 86.7 cm³/mol. The normalized spacial score (nSPS) is 12.2. The summed E-state index contributed by atoms with van der Waals surface area (Å²) in [6.45, 7) is 6.27. The zero-order valence-electron chi connectivity index (χ0n) is 12.0. The summed E-state index contributed by atoms with van der Waals surface area (Å²) in [7, 11) is 0. The summed E-state index contributed by atoms with van der Waals surface area (Å²) in [4.78, 5) is 0. The van der Waals surface area contributed by atoms with Gasteiger partial charge in [0, 0.05) is 10.2 Å². The maximum atomic E-state index is 13.4. The minimum Gasteiger partial charge on any atom is -0.378 e. The van der Waals surface area contributed by atoms with Crippen molar-refractivity contribution in [3.8, 4) is 0 Å². The molecule has 2 aromatic rings. The van der Waals surface area contributed by atoms with Gasteiger partial charge >= 0.3 is 0 Å². The molecule has 0 saturated heterocycles. The van der Waals surface area contributed by atoms with Crippen LogP contribution < -0.4 is 5.32 Å². The van der Waals surface area contributed by atoms with Crippen LogP contribution in [0.3, 0.4) is 0 Å². The number of halogens is 2. The maximum Gasteiger partial charge on any atom is 0.123 e. The Kier molecular flexibility index (Phi) is 4.81. The van der Waals surface area contributed by atoms with E-state index in [0.29, 0.717) is 0 Å². The SMILES string of the molecule is CCC(Nc1c(C)cc(Br)cc1C)c1cccc(F)c1. The third-order valence-corrected chi connectivity index (χ3v) is 3.93. The Morgan fingerprint density at radius 3 is 2.35 bits per heavy atom. The molecule has 1 nitrogen and oxygen atoms in total. The largest absolute Gasteiger partial charge is 0.378 e. The molecule has 0 aromatic heterocycles. The first-order chi connectivity index (χ1) is 9.51. The van der Waals surface area contributed by atoms with Crippen LogP contribution in [0.5, 0.6) is 0 Å². The molecule has 1 unspecified atom stereocenters. The molecule has 106 valence electrons. The van der Waals surface area contributed by atoms with Gasteiger partial charge < -0.3 is 5.32 Å². The zero-order valence-corrected chi connectivity index (χ0v) is 13.6. The van der Waals surface area contributed by atoms with Crippen molar-refractivity contribution in [2.75, 3.05) is 5.32 Å². The van der Waals surface area contributed by atoms with Crippen molar-refractivity contribution < 1.29 is 4.39 Å². The number of aryl methyl sites for hydroxylation is 2. The van der Waals surface area contributed by atoms with Crippen LogP contribution in [0.15, 0.2) is 40.9 Å². The lowest BCUT2D eigenvalue weighted by Gasteiger charge is -2.22. The van der Waals surface area contributed by atoms with Crippen LogP contribution in [0.25, 0.3) is 0 Å². The summed E-state index contributed by atoms with van der Waals surface area (Å²) in [5.41, 5.74) is 4.48. The van der Waals surface area contributed by atoms with E-state index < -0.39 is 0 Å². The van der Waals surface area contributed by atoms with E-state index in [2.05, 4.69) is 54.2 Å². The van der Waals surface area contributed by atoms with Crippen molar-refractivity contribution >= 4 is 21.6 Å². The van der Waals surface area contributed by atoms with Crippen LogP contribution >= 0.6 is 15.9 Å². The average Bonchev–Trinajstić information content (AvgIpc) is 2.38. The fourth-order valence-electron chi connectivity index (χ4n) is 2.46. The van der Waals surface area contributed by atoms with Crippen LogP contribution in [0.1, 0.15) is 36.1 Å². The standard InChI is InChI=1S/C17H19BrFN/c1-4-16(13-6-5-7-15(19)10-13)20-17-11(2)8-14(18)9-12(17)3/h5-10,16,20H,4H2,1-3H3. The lowest BCUT2D eigenvalue weighted by Crippen LogP contribution is -2.12. The van der Waals surface area contributed by atoms with Crippen molar-refractivity contribution in [1.29, 1.82) is 0 Å². The van der Waals surface area contributed by atoms with Crippen LogP contribution in [0, 0.1) is 19.7 Å². The first-order valence-electron chi connectivity index (χ1n) is 6.80. The first kappa shape index (κ1) is 15.0. The van der Waals surface area contributed by atoms with E-state index >= 15 is 0 Å². The van der Waals surface area contributed by atoms with E-state index in [0.717, 1.165) is 22.1 Å². The molecule has 0 aliphatic rings. The summed E-state index contributed by atoms with van der Waals surface area (Å²) in [5.74, 6) is -0.188. The van der Waals surface area contributed by atoms with Gasteiger partial charge in [-0.05, 0) is 61.2 Å². The molecule has 0 fully saturated rings. The average molecular weight is 336 g/mol. The zero-order chi connectivity index (χ0) is 14.7. The number of anilines is 1. The predicted octanol–water partition coefficient (Wildman–Crippen LogP) is 5.77. The quantitative estimate of drug-likeness (QED) is 0.747. The summed E-state index contributed by atoms with van der Waals surface area (Å²) in [5, 5.41) is 3.55. The second kappa shape index (κ2) is 6.40. The van der Waals surface area contributed by atoms with Crippen LogP contribution in [-0.2, 0) is 0 Å². The van der Waals surface area contributed by atoms with Gasteiger partial charge in [-0.15, -0.1) is 0 Å². The fourth-order valence-corrected chi connectivity index (χ4v) is 3.14. The Hall–Kier alpha value is -1.35. The molecule has 0 radical (unpaired) electrons. The molecular weight excluding hydrogens is 317 g/mol. The van der Waals surface area contributed by atoms with E-state index in [-0.39, 0.29) is 11.9 Å². The maximum absolute atomic E-state index is 13.4. The highest BCUT2D eigenvalue weighted by molar-refractivity contribution is 9.10. The summed E-state index contributed by atoms with van der Waals surface area (Å²) < 4.78 is 14.5. The van der Waals surface area contributed by atoms with Gasteiger partial charge in [-0.25, -0.2) is 4.39 Å². The Bertz CT molecular complexity index is 587. The lowest BCUT2D eigenvalue weighted by atomic mass is 10.0. The summed E-state index contributed by atoms with van der Waals surface area (Å²) >= 11 is 3.51. The van der Waals surface area contributed by atoms with Gasteiger partial charge in [0.2, 0.25) is 0 Å². The van der Waals surface area contributed by atoms with Gasteiger partial charge in [-0.3, -0.25) is 0 Å². The molecule has 0 bridgehead atoms.